The number of aromatic nitrogens is 1. The fourth-order valence-electron chi connectivity index (χ4n) is 1.60. The van der Waals surface area contributed by atoms with Gasteiger partial charge in [-0.3, -0.25) is 0 Å². The second-order valence-corrected chi connectivity index (χ2v) is 4.53. The van der Waals surface area contributed by atoms with E-state index in [4.69, 9.17) is 4.74 Å². The molecule has 0 atom stereocenters. The molecule has 2 aromatic rings. The van der Waals surface area contributed by atoms with Gasteiger partial charge in [-0.1, -0.05) is 18.2 Å². The first kappa shape index (κ1) is 14.0. The lowest BCUT2D eigenvalue weighted by atomic mass is 10.3. The molecule has 5 heteroatoms. The average molecular weight is 274 g/mol. The van der Waals surface area contributed by atoms with Gasteiger partial charge in [0.05, 0.1) is 0 Å². The van der Waals surface area contributed by atoms with Crippen LogP contribution < -0.4 is 10.1 Å². The van der Waals surface area contributed by atoms with Crippen LogP contribution in [0.5, 0.6) is 5.75 Å². The van der Waals surface area contributed by atoms with Gasteiger partial charge in [-0.05, 0) is 38.1 Å². The molecule has 0 unspecified atom stereocenters. The van der Waals surface area contributed by atoms with E-state index >= 15 is 0 Å². The third-order valence-corrected chi connectivity index (χ3v) is 2.43. The molecule has 1 aromatic carbocycles. The highest BCUT2D eigenvalue weighted by Gasteiger charge is 2.13. The monoisotopic (exact) mass is 274 g/mol. The highest BCUT2D eigenvalue weighted by Crippen LogP contribution is 2.17. The Bertz CT molecular complexity index is 614. The van der Waals surface area contributed by atoms with Crippen LogP contribution in [0.1, 0.15) is 24.3 Å². The van der Waals surface area contributed by atoms with Crippen molar-refractivity contribution in [3.8, 4) is 5.75 Å². The Labute approximate surface area is 116 Å². The normalized spacial score (nSPS) is 10.4. The maximum atomic E-state index is 13.4. The van der Waals surface area contributed by atoms with E-state index in [0.29, 0.717) is 5.82 Å². The van der Waals surface area contributed by atoms with E-state index in [9.17, 15) is 9.18 Å². The van der Waals surface area contributed by atoms with Gasteiger partial charge in [-0.2, -0.15) is 0 Å². The number of anilines is 1. The van der Waals surface area contributed by atoms with Gasteiger partial charge in [0.1, 0.15) is 5.82 Å². The van der Waals surface area contributed by atoms with Gasteiger partial charge in [-0.25, -0.2) is 14.2 Å². The molecule has 0 saturated carbocycles. The van der Waals surface area contributed by atoms with E-state index in [-0.39, 0.29) is 17.5 Å². The Hall–Kier alpha value is -2.43. The van der Waals surface area contributed by atoms with Crippen LogP contribution in [0, 0.1) is 5.82 Å². The van der Waals surface area contributed by atoms with Crippen LogP contribution in [0.15, 0.2) is 42.5 Å². The van der Waals surface area contributed by atoms with Crippen molar-refractivity contribution in [1.82, 2.24) is 4.98 Å². The lowest BCUT2D eigenvalue weighted by Gasteiger charge is -2.10. The number of nitrogens with zero attached hydrogens (tertiary/aromatic N) is 1. The molecular formula is C15H15FN2O2. The molecule has 1 N–H and O–H groups in total. The molecule has 0 spiro atoms. The first-order chi connectivity index (χ1) is 9.56. The van der Waals surface area contributed by atoms with Crippen molar-refractivity contribution in [1.29, 1.82) is 0 Å². The quantitative estimate of drug-likeness (QED) is 0.686. The molecule has 20 heavy (non-hydrogen) atoms. The molecule has 104 valence electrons. The Morgan fingerprint density at radius 1 is 1.20 bits per heavy atom. The number of benzene rings is 1. The van der Waals surface area contributed by atoms with Crippen molar-refractivity contribution < 1.29 is 13.9 Å². The molecule has 0 saturated heterocycles. The van der Waals surface area contributed by atoms with Gasteiger partial charge in [0, 0.05) is 6.04 Å². The van der Waals surface area contributed by atoms with Crippen LogP contribution in [0.3, 0.4) is 0 Å². The van der Waals surface area contributed by atoms with E-state index in [1.54, 1.807) is 18.2 Å². The summed E-state index contributed by atoms with van der Waals surface area (Å²) in [6.07, 6.45) is 0. The number of pyridine rings is 1. The second-order valence-electron chi connectivity index (χ2n) is 4.53. The van der Waals surface area contributed by atoms with Gasteiger partial charge >= 0.3 is 5.97 Å². The molecule has 1 aromatic heterocycles. The topological polar surface area (TPSA) is 51.2 Å². The van der Waals surface area contributed by atoms with Crippen molar-refractivity contribution in [2.24, 2.45) is 0 Å². The van der Waals surface area contributed by atoms with E-state index < -0.39 is 11.8 Å². The molecule has 0 amide bonds. The molecule has 4 nitrogen and oxygen atoms in total. The van der Waals surface area contributed by atoms with Crippen LogP contribution in [-0.4, -0.2) is 17.0 Å². The summed E-state index contributed by atoms with van der Waals surface area (Å²) >= 11 is 0. The lowest BCUT2D eigenvalue weighted by Crippen LogP contribution is -2.15. The number of rotatable bonds is 4. The summed E-state index contributed by atoms with van der Waals surface area (Å²) in [6, 6.07) is 10.9. The molecule has 0 fully saturated rings. The number of esters is 1. The molecule has 1 heterocycles. The minimum absolute atomic E-state index is 0.110. The van der Waals surface area contributed by atoms with Gasteiger partial charge in [0.25, 0.3) is 0 Å². The SMILES string of the molecule is CC(C)Nc1cccc(C(=O)Oc2ccccc2F)n1. The summed E-state index contributed by atoms with van der Waals surface area (Å²) in [4.78, 5) is 16.1. The largest absolute Gasteiger partial charge is 0.419 e. The van der Waals surface area contributed by atoms with Crippen LogP contribution in [-0.2, 0) is 0 Å². The zero-order chi connectivity index (χ0) is 14.5. The summed E-state index contributed by atoms with van der Waals surface area (Å²) in [5, 5.41) is 3.08. The highest BCUT2D eigenvalue weighted by atomic mass is 19.1. The number of hydrogen-bond acceptors (Lipinski definition) is 4. The Kier molecular flexibility index (Phi) is 4.30. The predicted molar refractivity (Wildman–Crippen MR) is 74.4 cm³/mol. The highest BCUT2D eigenvalue weighted by molar-refractivity contribution is 5.89. The van der Waals surface area contributed by atoms with E-state index in [2.05, 4.69) is 10.3 Å². The molecule has 0 bridgehead atoms. The van der Waals surface area contributed by atoms with Gasteiger partial charge in [-0.15, -0.1) is 0 Å². The van der Waals surface area contributed by atoms with Crippen LogP contribution in [0.2, 0.25) is 0 Å². The average Bonchev–Trinajstić information content (AvgIpc) is 2.41. The number of carbonyl (C=O) groups is 1. The maximum absolute atomic E-state index is 13.4. The number of carbonyl (C=O) groups excluding carboxylic acids is 1. The smallest absolute Gasteiger partial charge is 0.362 e. The summed E-state index contributed by atoms with van der Waals surface area (Å²) in [5.74, 6) is -0.815. The van der Waals surface area contributed by atoms with Crippen molar-refractivity contribution in [3.63, 3.8) is 0 Å². The van der Waals surface area contributed by atoms with Gasteiger partial charge in [0.2, 0.25) is 0 Å². The van der Waals surface area contributed by atoms with E-state index in [1.807, 2.05) is 13.8 Å². The molecule has 0 radical (unpaired) electrons. The summed E-state index contributed by atoms with van der Waals surface area (Å²) in [5.41, 5.74) is 0.124. The van der Waals surface area contributed by atoms with E-state index in [0.717, 1.165) is 0 Å². The van der Waals surface area contributed by atoms with Gasteiger partial charge < -0.3 is 10.1 Å². The third-order valence-electron chi connectivity index (χ3n) is 2.43. The fraction of sp³-hybridized carbons (Fsp3) is 0.200. The number of halogens is 1. The number of ether oxygens (including phenoxy) is 1. The van der Waals surface area contributed by atoms with Crippen LogP contribution in [0.25, 0.3) is 0 Å². The van der Waals surface area contributed by atoms with Gasteiger partial charge in [0.15, 0.2) is 17.3 Å². The van der Waals surface area contributed by atoms with Crippen LogP contribution >= 0.6 is 0 Å². The third kappa shape index (κ3) is 3.54. The Balaban J connectivity index is 2.15. The predicted octanol–water partition coefficient (Wildman–Crippen LogP) is 3.26. The first-order valence-electron chi connectivity index (χ1n) is 6.26. The number of para-hydroxylation sites is 1. The number of nitrogens with one attached hydrogen (secondary N) is 1. The molecule has 2 rings (SSSR count). The van der Waals surface area contributed by atoms with Crippen molar-refractivity contribution in [2.75, 3.05) is 5.32 Å². The minimum atomic E-state index is -0.692. The molecule has 0 aliphatic carbocycles. The first-order valence-corrected chi connectivity index (χ1v) is 6.26. The Morgan fingerprint density at radius 3 is 2.65 bits per heavy atom. The second kappa shape index (κ2) is 6.14. The summed E-state index contributed by atoms with van der Waals surface area (Å²) in [7, 11) is 0. The molecular weight excluding hydrogens is 259 g/mol. The van der Waals surface area contributed by atoms with E-state index in [1.165, 1.54) is 24.3 Å². The maximum Gasteiger partial charge on any atom is 0.362 e. The zero-order valence-corrected chi connectivity index (χ0v) is 11.3. The Morgan fingerprint density at radius 2 is 1.95 bits per heavy atom. The summed E-state index contributed by atoms with van der Waals surface area (Å²) in [6.45, 7) is 3.93. The van der Waals surface area contributed by atoms with Crippen molar-refractivity contribution in [2.45, 2.75) is 19.9 Å². The van der Waals surface area contributed by atoms with Crippen LogP contribution in [0.4, 0.5) is 10.2 Å². The minimum Gasteiger partial charge on any atom is -0.419 e. The summed E-state index contributed by atoms with van der Waals surface area (Å²) < 4.78 is 18.4. The molecule has 0 aliphatic rings. The van der Waals surface area contributed by atoms with Crippen molar-refractivity contribution in [3.05, 3.63) is 54.0 Å². The fourth-order valence-corrected chi connectivity index (χ4v) is 1.60. The zero-order valence-electron chi connectivity index (χ0n) is 11.3. The standard InChI is InChI=1S/C15H15FN2O2/c1-10(2)17-14-9-5-7-12(18-14)15(19)20-13-8-4-3-6-11(13)16/h3-10H,1-2H3,(H,17,18). The number of hydrogen-bond donors (Lipinski definition) is 1. The molecule has 0 aliphatic heterocycles. The van der Waals surface area contributed by atoms with Crippen molar-refractivity contribution >= 4 is 11.8 Å². The lowest BCUT2D eigenvalue weighted by molar-refractivity contribution is 0.0722.